The summed E-state index contributed by atoms with van der Waals surface area (Å²) in [7, 11) is -1.66. The summed E-state index contributed by atoms with van der Waals surface area (Å²) in [5, 5.41) is 3.06. The maximum atomic E-state index is 12.8. The van der Waals surface area contributed by atoms with Gasteiger partial charge >= 0.3 is 0 Å². The van der Waals surface area contributed by atoms with Crippen LogP contribution in [0.4, 0.5) is 0 Å². The quantitative estimate of drug-likeness (QED) is 0.753. The fourth-order valence-corrected chi connectivity index (χ4v) is 5.02. The number of amides is 1. The van der Waals surface area contributed by atoms with Crippen LogP contribution in [-0.2, 0) is 15.4 Å². The third-order valence-corrected chi connectivity index (χ3v) is 7.64. The first-order valence-corrected chi connectivity index (χ1v) is 11.5. The van der Waals surface area contributed by atoms with Gasteiger partial charge in [-0.05, 0) is 37.5 Å². The van der Waals surface area contributed by atoms with Crippen molar-refractivity contribution in [1.82, 2.24) is 9.62 Å². The second-order valence-electron chi connectivity index (χ2n) is 7.33. The molecule has 6 nitrogen and oxygen atoms in total. The van der Waals surface area contributed by atoms with Gasteiger partial charge in [-0.2, -0.15) is 0 Å². The Balaban J connectivity index is 1.80. The number of sulfonamides is 1. The zero-order valence-electron chi connectivity index (χ0n) is 16.9. The molecule has 7 heteroatoms. The van der Waals surface area contributed by atoms with Crippen LogP contribution >= 0.6 is 0 Å². The Morgan fingerprint density at radius 2 is 1.69 bits per heavy atom. The number of carbonyl (C=O) groups excluding carboxylic acids is 1. The van der Waals surface area contributed by atoms with Crippen molar-refractivity contribution in [3.8, 4) is 5.75 Å². The van der Waals surface area contributed by atoms with Gasteiger partial charge in [0.1, 0.15) is 5.75 Å². The number of piperidine rings is 1. The molecule has 0 aliphatic carbocycles. The first-order chi connectivity index (χ1) is 13.9. The van der Waals surface area contributed by atoms with Crippen LogP contribution in [0, 0.1) is 0 Å². The highest BCUT2D eigenvalue weighted by atomic mass is 32.2. The van der Waals surface area contributed by atoms with E-state index in [1.165, 1.54) is 0 Å². The van der Waals surface area contributed by atoms with Crippen molar-refractivity contribution in [2.75, 3.05) is 32.5 Å². The summed E-state index contributed by atoms with van der Waals surface area (Å²) in [5.74, 6) is 0.444. The molecule has 0 bridgehead atoms. The van der Waals surface area contributed by atoms with Gasteiger partial charge in [0.25, 0.3) is 5.91 Å². The van der Waals surface area contributed by atoms with Gasteiger partial charge in [0, 0.05) is 25.0 Å². The molecule has 2 aromatic rings. The van der Waals surface area contributed by atoms with Crippen LogP contribution in [0.25, 0.3) is 0 Å². The lowest BCUT2D eigenvalue weighted by molar-refractivity contribution is 0.0930. The summed E-state index contributed by atoms with van der Waals surface area (Å²) in [6, 6.07) is 17.2. The maximum absolute atomic E-state index is 12.8. The number of methoxy groups -OCH3 is 1. The van der Waals surface area contributed by atoms with E-state index in [2.05, 4.69) is 17.4 Å². The Hall–Kier alpha value is -2.38. The van der Waals surface area contributed by atoms with E-state index < -0.39 is 10.0 Å². The molecule has 1 N–H and O–H groups in total. The zero-order chi connectivity index (χ0) is 20.9. The van der Waals surface area contributed by atoms with Crippen molar-refractivity contribution < 1.29 is 17.9 Å². The lowest BCUT2D eigenvalue weighted by Gasteiger charge is -2.42. The van der Waals surface area contributed by atoms with Crippen molar-refractivity contribution in [2.45, 2.75) is 25.2 Å². The topological polar surface area (TPSA) is 75.7 Å². The van der Waals surface area contributed by atoms with Crippen LogP contribution in [0.5, 0.6) is 5.75 Å². The molecule has 2 aromatic carbocycles. The van der Waals surface area contributed by atoms with Crippen LogP contribution in [0.2, 0.25) is 0 Å². The predicted molar refractivity (Wildman–Crippen MR) is 114 cm³/mol. The number of nitrogens with one attached hydrogen (secondary N) is 1. The SMILES string of the molecule is CCS(=O)(=O)N1CCC(CNC(=O)c2ccccc2OC)(c2ccccc2)CC1. The fourth-order valence-electron chi connectivity index (χ4n) is 3.91. The normalized spacial score (nSPS) is 16.9. The Labute approximate surface area is 172 Å². The first kappa shape index (κ1) is 21.3. The lowest BCUT2D eigenvalue weighted by Crippen LogP contribution is -2.50. The first-order valence-electron chi connectivity index (χ1n) is 9.86. The highest BCUT2D eigenvalue weighted by molar-refractivity contribution is 7.89. The summed E-state index contributed by atoms with van der Waals surface area (Å²) in [5.41, 5.74) is 1.30. The van der Waals surface area contributed by atoms with E-state index in [0.29, 0.717) is 43.8 Å². The molecule has 1 aliphatic rings. The van der Waals surface area contributed by atoms with Gasteiger partial charge in [-0.25, -0.2) is 12.7 Å². The molecule has 0 unspecified atom stereocenters. The Kier molecular flexibility index (Phi) is 6.59. The molecule has 29 heavy (non-hydrogen) atoms. The van der Waals surface area contributed by atoms with E-state index in [-0.39, 0.29) is 17.1 Å². The van der Waals surface area contributed by atoms with E-state index in [0.717, 1.165) is 5.56 Å². The fraction of sp³-hybridized carbons (Fsp3) is 0.409. The third-order valence-electron chi connectivity index (χ3n) is 5.76. The number of benzene rings is 2. The van der Waals surface area contributed by atoms with Gasteiger partial charge in [-0.3, -0.25) is 4.79 Å². The summed E-state index contributed by atoms with van der Waals surface area (Å²) >= 11 is 0. The molecular formula is C22H28N2O4S. The standard InChI is InChI=1S/C22H28N2O4S/c1-3-29(26,27)24-15-13-22(14-16-24,18-9-5-4-6-10-18)17-23-21(25)19-11-7-8-12-20(19)28-2/h4-12H,3,13-17H2,1-2H3,(H,23,25). The molecule has 1 heterocycles. The van der Waals surface area contributed by atoms with E-state index in [1.807, 2.05) is 24.3 Å². The van der Waals surface area contributed by atoms with Gasteiger partial charge in [0.05, 0.1) is 18.4 Å². The molecule has 1 aliphatic heterocycles. The number of carbonyl (C=O) groups is 1. The van der Waals surface area contributed by atoms with Crippen LogP contribution in [0.3, 0.4) is 0 Å². The average molecular weight is 417 g/mol. The molecule has 1 saturated heterocycles. The largest absolute Gasteiger partial charge is 0.496 e. The van der Waals surface area contributed by atoms with Crippen molar-refractivity contribution in [3.05, 3.63) is 65.7 Å². The maximum Gasteiger partial charge on any atom is 0.255 e. The molecular weight excluding hydrogens is 388 g/mol. The van der Waals surface area contributed by atoms with E-state index in [1.54, 1.807) is 36.5 Å². The van der Waals surface area contributed by atoms with Gasteiger partial charge in [-0.1, -0.05) is 42.5 Å². The van der Waals surface area contributed by atoms with Gasteiger partial charge in [-0.15, -0.1) is 0 Å². The average Bonchev–Trinajstić information content (AvgIpc) is 2.78. The smallest absolute Gasteiger partial charge is 0.255 e. The number of hydrogen-bond acceptors (Lipinski definition) is 4. The summed E-state index contributed by atoms with van der Waals surface area (Å²) in [4.78, 5) is 12.8. The van der Waals surface area contributed by atoms with E-state index >= 15 is 0 Å². The molecule has 156 valence electrons. The summed E-state index contributed by atoms with van der Waals surface area (Å²) in [6.07, 6.45) is 1.31. The minimum Gasteiger partial charge on any atom is -0.496 e. The molecule has 0 saturated carbocycles. The number of para-hydroxylation sites is 1. The molecule has 3 rings (SSSR count). The third kappa shape index (κ3) is 4.62. The van der Waals surface area contributed by atoms with Crippen LogP contribution < -0.4 is 10.1 Å². The molecule has 1 fully saturated rings. The predicted octanol–water partition coefficient (Wildman–Crippen LogP) is 2.81. The van der Waals surface area contributed by atoms with Crippen LogP contribution in [0.15, 0.2) is 54.6 Å². The van der Waals surface area contributed by atoms with Crippen LogP contribution in [0.1, 0.15) is 35.7 Å². The highest BCUT2D eigenvalue weighted by Gasteiger charge is 2.39. The molecule has 1 amide bonds. The molecule has 0 spiro atoms. The zero-order valence-corrected chi connectivity index (χ0v) is 17.7. The summed E-state index contributed by atoms with van der Waals surface area (Å²) < 4.78 is 31.4. The van der Waals surface area contributed by atoms with E-state index in [9.17, 15) is 13.2 Å². The second-order valence-corrected chi connectivity index (χ2v) is 9.59. The van der Waals surface area contributed by atoms with Crippen molar-refractivity contribution in [3.63, 3.8) is 0 Å². The highest BCUT2D eigenvalue weighted by Crippen LogP contribution is 2.36. The number of rotatable bonds is 7. The van der Waals surface area contributed by atoms with Gasteiger partial charge in [0.15, 0.2) is 0 Å². The Bertz CT molecular complexity index is 936. The monoisotopic (exact) mass is 416 g/mol. The van der Waals surface area contributed by atoms with Crippen molar-refractivity contribution >= 4 is 15.9 Å². The van der Waals surface area contributed by atoms with E-state index in [4.69, 9.17) is 4.74 Å². The Morgan fingerprint density at radius 3 is 2.31 bits per heavy atom. The van der Waals surface area contributed by atoms with Gasteiger partial charge < -0.3 is 10.1 Å². The second kappa shape index (κ2) is 8.97. The lowest BCUT2D eigenvalue weighted by atomic mass is 9.73. The van der Waals surface area contributed by atoms with Crippen molar-refractivity contribution in [1.29, 1.82) is 0 Å². The minimum absolute atomic E-state index is 0.107. The Morgan fingerprint density at radius 1 is 1.07 bits per heavy atom. The van der Waals surface area contributed by atoms with Crippen LogP contribution in [-0.4, -0.2) is 51.1 Å². The van der Waals surface area contributed by atoms with Crippen molar-refractivity contribution in [2.24, 2.45) is 0 Å². The summed E-state index contributed by atoms with van der Waals surface area (Å²) in [6.45, 7) is 3.01. The van der Waals surface area contributed by atoms with Gasteiger partial charge in [0.2, 0.25) is 10.0 Å². The number of ether oxygens (including phenoxy) is 1. The molecule has 0 atom stereocenters. The molecule has 0 aromatic heterocycles. The molecule has 0 radical (unpaired) electrons. The number of hydrogen-bond donors (Lipinski definition) is 1. The minimum atomic E-state index is -3.21. The number of nitrogens with zero attached hydrogens (tertiary/aromatic N) is 1.